The first-order chi connectivity index (χ1) is 16.0. The van der Waals surface area contributed by atoms with Gasteiger partial charge >= 0.3 is 5.97 Å². The number of nitrogens with one attached hydrogen (secondary N) is 1. The maximum Gasteiger partial charge on any atom is 0.357 e. The quantitative estimate of drug-likeness (QED) is 0.454. The molecule has 2 aromatic carbocycles. The Morgan fingerprint density at radius 1 is 1.09 bits per heavy atom. The fourth-order valence-electron chi connectivity index (χ4n) is 3.52. The Balaban J connectivity index is 1.79. The van der Waals surface area contributed by atoms with Crippen LogP contribution in [0.1, 0.15) is 33.5 Å². The molecule has 8 heteroatoms. The third-order valence-electron chi connectivity index (χ3n) is 5.02. The number of amides is 1. The number of rotatable bonds is 6. The van der Waals surface area contributed by atoms with Gasteiger partial charge in [0.15, 0.2) is 5.69 Å². The fraction of sp³-hybridized carbons (Fsp3) is 0.120. The van der Waals surface area contributed by atoms with Crippen LogP contribution in [-0.4, -0.2) is 32.8 Å². The van der Waals surface area contributed by atoms with Crippen LogP contribution in [0.4, 0.5) is 5.69 Å². The van der Waals surface area contributed by atoms with Crippen LogP contribution in [0.15, 0.2) is 72.9 Å². The third kappa shape index (κ3) is 4.25. The summed E-state index contributed by atoms with van der Waals surface area (Å²) in [6.45, 7) is 1.86. The van der Waals surface area contributed by atoms with Crippen molar-refractivity contribution < 1.29 is 14.3 Å². The van der Waals surface area contributed by atoms with Gasteiger partial charge in [-0.05, 0) is 25.1 Å². The number of para-hydroxylation sites is 1. The van der Waals surface area contributed by atoms with Crippen molar-refractivity contribution in [1.82, 2.24) is 14.3 Å². The first-order valence-electron chi connectivity index (χ1n) is 10.3. The smallest absolute Gasteiger partial charge is 0.357 e. The second-order valence-electron chi connectivity index (χ2n) is 7.19. The van der Waals surface area contributed by atoms with E-state index in [-0.39, 0.29) is 29.2 Å². The molecule has 2 aromatic heterocycles. The molecule has 0 fully saturated rings. The van der Waals surface area contributed by atoms with E-state index in [1.54, 1.807) is 20.0 Å². The summed E-state index contributed by atoms with van der Waals surface area (Å²) in [5, 5.41) is 16.9. The number of hydrogen-bond donors (Lipinski definition) is 1. The molecule has 0 radical (unpaired) electrons. The van der Waals surface area contributed by atoms with Crippen LogP contribution < -0.4 is 5.32 Å². The standard InChI is InChI=1S/C25H21N5O3/c1-3-33-25(32)23-22(18(15-26)16-29(23)2)27-24(31)21-14-20(17-10-6-4-7-11-17)28-30(21)19-12-8-5-9-13-19/h4-14,16H,3H2,1-2H3,(H,27,31). The highest BCUT2D eigenvalue weighted by molar-refractivity contribution is 6.08. The van der Waals surface area contributed by atoms with E-state index in [0.717, 1.165) is 5.56 Å². The molecule has 0 atom stereocenters. The van der Waals surface area contributed by atoms with Gasteiger partial charge < -0.3 is 14.6 Å². The molecule has 0 saturated heterocycles. The van der Waals surface area contributed by atoms with Crippen molar-refractivity contribution in [3.05, 3.63) is 89.9 Å². The summed E-state index contributed by atoms with van der Waals surface area (Å²) in [5.74, 6) is -1.14. The molecule has 1 N–H and O–H groups in total. The minimum Gasteiger partial charge on any atom is -0.461 e. The summed E-state index contributed by atoms with van der Waals surface area (Å²) >= 11 is 0. The normalized spacial score (nSPS) is 10.5. The summed E-state index contributed by atoms with van der Waals surface area (Å²) in [4.78, 5) is 25.9. The minimum absolute atomic E-state index is 0.0933. The topological polar surface area (TPSA) is 102 Å². The lowest BCUT2D eigenvalue weighted by Crippen LogP contribution is -2.20. The zero-order chi connectivity index (χ0) is 23.4. The van der Waals surface area contributed by atoms with E-state index in [1.165, 1.54) is 15.4 Å². The van der Waals surface area contributed by atoms with Crippen LogP contribution in [-0.2, 0) is 11.8 Å². The van der Waals surface area contributed by atoms with Crippen molar-refractivity contribution in [1.29, 1.82) is 5.26 Å². The van der Waals surface area contributed by atoms with Gasteiger partial charge in [0.1, 0.15) is 11.8 Å². The molecule has 164 valence electrons. The van der Waals surface area contributed by atoms with E-state index in [9.17, 15) is 14.9 Å². The van der Waals surface area contributed by atoms with Crippen LogP contribution in [0.5, 0.6) is 0 Å². The van der Waals surface area contributed by atoms with Gasteiger partial charge in [-0.2, -0.15) is 10.4 Å². The Labute approximate surface area is 190 Å². The lowest BCUT2D eigenvalue weighted by Gasteiger charge is -2.10. The SMILES string of the molecule is CCOC(=O)c1c(NC(=O)c2cc(-c3ccccc3)nn2-c2ccccc2)c(C#N)cn1C. The number of aryl methyl sites for hydroxylation is 1. The highest BCUT2D eigenvalue weighted by Crippen LogP contribution is 2.26. The van der Waals surface area contributed by atoms with Crippen molar-refractivity contribution >= 4 is 17.6 Å². The predicted molar refractivity (Wildman–Crippen MR) is 123 cm³/mol. The molecule has 0 bridgehead atoms. The zero-order valence-corrected chi connectivity index (χ0v) is 18.1. The highest BCUT2D eigenvalue weighted by Gasteiger charge is 2.25. The number of carbonyl (C=O) groups excluding carboxylic acids is 2. The first-order valence-corrected chi connectivity index (χ1v) is 10.3. The van der Waals surface area contributed by atoms with Gasteiger partial charge in [-0.3, -0.25) is 4.79 Å². The summed E-state index contributed by atoms with van der Waals surface area (Å²) in [6.07, 6.45) is 1.48. The molecule has 0 spiro atoms. The summed E-state index contributed by atoms with van der Waals surface area (Å²) in [6, 6.07) is 22.5. The Bertz CT molecular complexity index is 1350. The van der Waals surface area contributed by atoms with Crippen LogP contribution >= 0.6 is 0 Å². The Hall–Kier alpha value is -4.64. The first kappa shape index (κ1) is 21.6. The second kappa shape index (κ2) is 9.24. The maximum absolute atomic E-state index is 13.4. The monoisotopic (exact) mass is 439 g/mol. The molecule has 0 aliphatic heterocycles. The number of nitrogens with zero attached hydrogens (tertiary/aromatic N) is 4. The molecule has 2 heterocycles. The fourth-order valence-corrected chi connectivity index (χ4v) is 3.52. The number of anilines is 1. The van der Waals surface area contributed by atoms with Gasteiger partial charge in [0.05, 0.1) is 29.2 Å². The van der Waals surface area contributed by atoms with Crippen LogP contribution in [0, 0.1) is 11.3 Å². The van der Waals surface area contributed by atoms with Gasteiger partial charge in [0.25, 0.3) is 5.91 Å². The average Bonchev–Trinajstić information content (AvgIpc) is 3.42. The molecule has 1 amide bonds. The predicted octanol–water partition coefficient (Wildman–Crippen LogP) is 4.18. The highest BCUT2D eigenvalue weighted by atomic mass is 16.5. The Morgan fingerprint density at radius 2 is 1.76 bits per heavy atom. The van der Waals surface area contributed by atoms with E-state index in [4.69, 9.17) is 4.74 Å². The van der Waals surface area contributed by atoms with Crippen molar-refractivity contribution in [2.75, 3.05) is 11.9 Å². The molecule has 33 heavy (non-hydrogen) atoms. The van der Waals surface area contributed by atoms with E-state index in [0.29, 0.717) is 11.4 Å². The molecule has 0 unspecified atom stereocenters. The Kier molecular flexibility index (Phi) is 6.04. The summed E-state index contributed by atoms with van der Waals surface area (Å²) in [7, 11) is 1.62. The number of nitriles is 1. The second-order valence-corrected chi connectivity index (χ2v) is 7.19. The number of carbonyl (C=O) groups is 2. The van der Waals surface area contributed by atoms with Crippen LogP contribution in [0.2, 0.25) is 0 Å². The van der Waals surface area contributed by atoms with Crippen molar-refractivity contribution in [3.63, 3.8) is 0 Å². The van der Waals surface area contributed by atoms with Gasteiger partial charge in [-0.25, -0.2) is 9.48 Å². The van der Waals surface area contributed by atoms with Gasteiger partial charge in [-0.15, -0.1) is 0 Å². The molecule has 0 aliphatic carbocycles. The third-order valence-corrected chi connectivity index (χ3v) is 5.02. The molecule has 0 saturated carbocycles. The van der Waals surface area contributed by atoms with Crippen molar-refractivity contribution in [2.24, 2.45) is 7.05 Å². The number of benzene rings is 2. The summed E-state index contributed by atoms with van der Waals surface area (Å²) < 4.78 is 8.12. The van der Waals surface area contributed by atoms with Gasteiger partial charge in [0.2, 0.25) is 0 Å². The average molecular weight is 439 g/mol. The number of esters is 1. The molecule has 4 rings (SSSR count). The van der Waals surface area contributed by atoms with Crippen LogP contribution in [0.25, 0.3) is 16.9 Å². The molecular formula is C25H21N5O3. The van der Waals surface area contributed by atoms with E-state index < -0.39 is 11.9 Å². The number of aromatic nitrogens is 3. The number of hydrogen-bond acceptors (Lipinski definition) is 5. The van der Waals surface area contributed by atoms with E-state index >= 15 is 0 Å². The van der Waals surface area contributed by atoms with Crippen LogP contribution in [0.3, 0.4) is 0 Å². The lowest BCUT2D eigenvalue weighted by atomic mass is 10.1. The minimum atomic E-state index is -0.627. The van der Waals surface area contributed by atoms with Crippen molar-refractivity contribution in [3.8, 4) is 23.0 Å². The van der Waals surface area contributed by atoms with E-state index in [1.807, 2.05) is 66.7 Å². The molecular weight excluding hydrogens is 418 g/mol. The zero-order valence-electron chi connectivity index (χ0n) is 18.1. The molecule has 0 aliphatic rings. The van der Waals surface area contributed by atoms with Gasteiger partial charge in [0, 0.05) is 18.8 Å². The number of ether oxygens (including phenoxy) is 1. The largest absolute Gasteiger partial charge is 0.461 e. The van der Waals surface area contributed by atoms with Gasteiger partial charge in [-0.1, -0.05) is 48.5 Å². The Morgan fingerprint density at radius 3 is 2.39 bits per heavy atom. The summed E-state index contributed by atoms with van der Waals surface area (Å²) in [5.41, 5.74) is 2.77. The van der Waals surface area contributed by atoms with Crippen molar-refractivity contribution in [2.45, 2.75) is 6.92 Å². The maximum atomic E-state index is 13.4. The lowest BCUT2D eigenvalue weighted by molar-refractivity contribution is 0.0516. The molecule has 8 nitrogen and oxygen atoms in total. The molecule has 4 aromatic rings. The van der Waals surface area contributed by atoms with E-state index in [2.05, 4.69) is 10.4 Å².